The maximum Gasteiger partial charge on any atom is 0.418 e. The van der Waals surface area contributed by atoms with E-state index in [1.165, 1.54) is 11.8 Å². The van der Waals surface area contributed by atoms with Crippen LogP contribution in [0.15, 0.2) is 30.6 Å². The Morgan fingerprint density at radius 1 is 1.18 bits per heavy atom. The highest BCUT2D eigenvalue weighted by atomic mass is 19.4. The number of aromatic nitrogens is 3. The van der Waals surface area contributed by atoms with Gasteiger partial charge in [0.1, 0.15) is 17.4 Å². The number of carbonyl (C=O) groups excluding carboxylic acids is 2. The van der Waals surface area contributed by atoms with Crippen LogP contribution in [-0.4, -0.2) is 49.9 Å². The second-order valence-corrected chi connectivity index (χ2v) is 8.53. The lowest BCUT2D eigenvalue weighted by molar-refractivity contribution is -0.145. The summed E-state index contributed by atoms with van der Waals surface area (Å²) in [6.45, 7) is 7.20. The quantitative estimate of drug-likeness (QED) is 0.633. The van der Waals surface area contributed by atoms with Gasteiger partial charge in [-0.2, -0.15) is 18.3 Å². The molecule has 0 radical (unpaired) electrons. The SMILES string of the molecule is CC(=O)N1CCN(c2cc(-c3cc(C(F)(F)F)c4c(N)ncnn34)ccc2C)C(=O)C1(C)C. The molecule has 0 atom stereocenters. The summed E-state index contributed by atoms with van der Waals surface area (Å²) in [6.07, 6.45) is -3.56. The molecule has 174 valence electrons. The number of nitrogens with zero attached hydrogens (tertiary/aromatic N) is 5. The lowest BCUT2D eigenvalue weighted by atomic mass is 9.95. The van der Waals surface area contributed by atoms with Crippen molar-refractivity contribution in [1.29, 1.82) is 0 Å². The minimum Gasteiger partial charge on any atom is -0.382 e. The summed E-state index contributed by atoms with van der Waals surface area (Å²) >= 11 is 0. The molecule has 3 aromatic rings. The molecule has 0 bridgehead atoms. The number of benzene rings is 1. The van der Waals surface area contributed by atoms with Gasteiger partial charge < -0.3 is 15.5 Å². The molecule has 2 N–H and O–H groups in total. The average molecular weight is 460 g/mol. The number of halogens is 3. The molecule has 8 nitrogen and oxygen atoms in total. The highest BCUT2D eigenvalue weighted by molar-refractivity contribution is 6.03. The van der Waals surface area contributed by atoms with Gasteiger partial charge in [0.2, 0.25) is 5.91 Å². The summed E-state index contributed by atoms with van der Waals surface area (Å²) in [4.78, 5) is 32.1. The average Bonchev–Trinajstić information content (AvgIpc) is 3.12. The van der Waals surface area contributed by atoms with E-state index in [1.807, 2.05) is 6.92 Å². The van der Waals surface area contributed by atoms with Crippen molar-refractivity contribution in [3.05, 3.63) is 41.7 Å². The summed E-state index contributed by atoms with van der Waals surface area (Å²) in [5, 5.41) is 3.99. The normalized spacial score (nSPS) is 16.5. The molecule has 1 saturated heterocycles. The zero-order valence-electron chi connectivity index (χ0n) is 18.6. The van der Waals surface area contributed by atoms with Crippen LogP contribution in [0.1, 0.15) is 31.9 Å². The van der Waals surface area contributed by atoms with Crippen molar-refractivity contribution in [1.82, 2.24) is 19.5 Å². The van der Waals surface area contributed by atoms with Crippen molar-refractivity contribution in [2.45, 2.75) is 39.4 Å². The van der Waals surface area contributed by atoms with Crippen molar-refractivity contribution in [2.75, 3.05) is 23.7 Å². The second kappa shape index (κ2) is 7.46. The fraction of sp³-hybridized carbons (Fsp3) is 0.364. The van der Waals surface area contributed by atoms with Gasteiger partial charge in [0.25, 0.3) is 5.91 Å². The van der Waals surface area contributed by atoms with Gasteiger partial charge in [0, 0.05) is 31.3 Å². The van der Waals surface area contributed by atoms with Crippen LogP contribution < -0.4 is 10.6 Å². The summed E-state index contributed by atoms with van der Waals surface area (Å²) < 4.78 is 42.2. The van der Waals surface area contributed by atoms with E-state index in [0.29, 0.717) is 17.8 Å². The molecule has 0 saturated carbocycles. The number of aryl methyl sites for hydroxylation is 1. The molecule has 1 aliphatic rings. The summed E-state index contributed by atoms with van der Waals surface area (Å²) in [6, 6.07) is 6.04. The largest absolute Gasteiger partial charge is 0.418 e. The Labute approximate surface area is 187 Å². The van der Waals surface area contributed by atoms with Gasteiger partial charge in [-0.15, -0.1) is 0 Å². The van der Waals surface area contributed by atoms with Gasteiger partial charge in [-0.05, 0) is 38.5 Å². The summed E-state index contributed by atoms with van der Waals surface area (Å²) in [5.41, 5.74) is 5.35. The second-order valence-electron chi connectivity index (χ2n) is 8.53. The van der Waals surface area contributed by atoms with Crippen LogP contribution >= 0.6 is 0 Å². The van der Waals surface area contributed by atoms with E-state index in [4.69, 9.17) is 5.73 Å². The first kappa shape index (κ1) is 22.6. The van der Waals surface area contributed by atoms with Crippen molar-refractivity contribution in [3.8, 4) is 11.3 Å². The molecule has 1 aliphatic heterocycles. The van der Waals surface area contributed by atoms with Gasteiger partial charge in [0.05, 0.1) is 11.3 Å². The number of nitrogens with two attached hydrogens (primary N) is 1. The van der Waals surface area contributed by atoms with E-state index >= 15 is 0 Å². The fourth-order valence-electron chi connectivity index (χ4n) is 4.36. The van der Waals surface area contributed by atoms with E-state index in [9.17, 15) is 22.8 Å². The van der Waals surface area contributed by atoms with Crippen molar-refractivity contribution in [3.63, 3.8) is 0 Å². The Balaban J connectivity index is 1.85. The first-order valence-electron chi connectivity index (χ1n) is 10.2. The van der Waals surface area contributed by atoms with Crippen LogP contribution in [0.4, 0.5) is 24.7 Å². The Hall–Kier alpha value is -3.63. The minimum atomic E-state index is -4.65. The van der Waals surface area contributed by atoms with E-state index in [1.54, 1.807) is 36.9 Å². The third-order valence-electron chi connectivity index (χ3n) is 6.05. The van der Waals surface area contributed by atoms with Crippen molar-refractivity contribution < 1.29 is 22.8 Å². The van der Waals surface area contributed by atoms with Crippen LogP contribution in [-0.2, 0) is 15.8 Å². The molecule has 1 fully saturated rings. The number of carbonyl (C=O) groups is 2. The van der Waals surface area contributed by atoms with Crippen LogP contribution in [0.2, 0.25) is 0 Å². The summed E-state index contributed by atoms with van der Waals surface area (Å²) in [5.74, 6) is -0.755. The van der Waals surface area contributed by atoms with Gasteiger partial charge in [0.15, 0.2) is 5.82 Å². The lowest BCUT2D eigenvalue weighted by Crippen LogP contribution is -2.64. The maximum atomic E-state index is 13.7. The molecule has 11 heteroatoms. The predicted molar refractivity (Wildman–Crippen MR) is 116 cm³/mol. The Kier molecular flexibility index (Phi) is 5.10. The predicted octanol–water partition coefficient (Wildman–Crippen LogP) is 3.28. The molecule has 33 heavy (non-hydrogen) atoms. The number of rotatable bonds is 2. The molecule has 3 heterocycles. The highest BCUT2D eigenvalue weighted by Crippen LogP contribution is 2.40. The molecule has 2 amide bonds. The molecule has 0 aliphatic carbocycles. The van der Waals surface area contributed by atoms with E-state index < -0.39 is 17.3 Å². The van der Waals surface area contributed by atoms with Crippen molar-refractivity contribution in [2.24, 2.45) is 0 Å². The Morgan fingerprint density at radius 3 is 2.52 bits per heavy atom. The minimum absolute atomic E-state index is 0.168. The number of anilines is 2. The third kappa shape index (κ3) is 3.57. The number of nitrogen functional groups attached to an aromatic ring is 1. The van der Waals surface area contributed by atoms with E-state index in [2.05, 4.69) is 10.1 Å². The molecule has 1 aromatic carbocycles. The van der Waals surface area contributed by atoms with Crippen LogP contribution in [0.25, 0.3) is 16.8 Å². The standard InChI is InChI=1S/C22H23F3N6O2/c1-12-5-6-14(9-16(12)29-7-8-30(13(2)32)21(3,4)20(29)33)17-10-15(22(23,24)25)18-19(26)27-11-28-31(17)18/h5-6,9-11H,7-8H2,1-4H3,(H2,26,27,28). The lowest BCUT2D eigenvalue weighted by Gasteiger charge is -2.45. The zero-order valence-corrected chi connectivity index (χ0v) is 18.6. The Morgan fingerprint density at radius 2 is 1.88 bits per heavy atom. The third-order valence-corrected chi connectivity index (χ3v) is 6.05. The number of piperazine rings is 1. The van der Waals surface area contributed by atoms with Gasteiger partial charge in [-0.1, -0.05) is 12.1 Å². The van der Waals surface area contributed by atoms with Gasteiger partial charge in [-0.25, -0.2) is 9.50 Å². The number of fused-ring (bicyclic) bond motifs is 1. The van der Waals surface area contributed by atoms with Gasteiger partial charge >= 0.3 is 6.18 Å². The number of amides is 2. The smallest absolute Gasteiger partial charge is 0.382 e. The Bertz CT molecular complexity index is 1280. The first-order chi connectivity index (χ1) is 15.3. The number of alkyl halides is 3. The molecule has 0 unspecified atom stereocenters. The van der Waals surface area contributed by atoms with E-state index in [-0.39, 0.29) is 35.4 Å². The van der Waals surface area contributed by atoms with Crippen molar-refractivity contribution >= 4 is 28.8 Å². The van der Waals surface area contributed by atoms with Crippen LogP contribution in [0, 0.1) is 6.92 Å². The maximum absolute atomic E-state index is 13.7. The van der Waals surface area contributed by atoms with Crippen LogP contribution in [0.5, 0.6) is 0 Å². The summed E-state index contributed by atoms with van der Waals surface area (Å²) in [7, 11) is 0. The van der Waals surface area contributed by atoms with E-state index in [0.717, 1.165) is 22.5 Å². The molecular formula is C22H23F3N6O2. The van der Waals surface area contributed by atoms with Gasteiger partial charge in [-0.3, -0.25) is 9.59 Å². The fourth-order valence-corrected chi connectivity index (χ4v) is 4.36. The first-order valence-corrected chi connectivity index (χ1v) is 10.2. The molecule has 2 aromatic heterocycles. The van der Waals surface area contributed by atoms with Crippen LogP contribution in [0.3, 0.4) is 0 Å². The molecule has 4 rings (SSSR count). The molecule has 0 spiro atoms. The highest BCUT2D eigenvalue weighted by Gasteiger charge is 2.44. The topological polar surface area (TPSA) is 96.8 Å². The number of hydrogen-bond acceptors (Lipinski definition) is 5. The number of hydrogen-bond donors (Lipinski definition) is 1. The zero-order chi connectivity index (χ0) is 24.3. The monoisotopic (exact) mass is 460 g/mol. The molecular weight excluding hydrogens is 437 g/mol.